The Hall–Kier alpha value is -2.08. The lowest BCUT2D eigenvalue weighted by Gasteiger charge is -2.36. The largest absolute Gasteiger partial charge is 0.493 e. The van der Waals surface area contributed by atoms with E-state index in [9.17, 15) is 9.59 Å². The van der Waals surface area contributed by atoms with Crippen molar-refractivity contribution < 1.29 is 14.3 Å². The van der Waals surface area contributed by atoms with Crippen molar-refractivity contribution in [3.05, 3.63) is 29.8 Å². The summed E-state index contributed by atoms with van der Waals surface area (Å²) in [5.41, 5.74) is 0.601. The number of piperidine rings is 1. The van der Waals surface area contributed by atoms with E-state index in [0.717, 1.165) is 25.9 Å². The van der Waals surface area contributed by atoms with Crippen LogP contribution in [0.4, 0.5) is 0 Å². The Morgan fingerprint density at radius 3 is 2.43 bits per heavy atom. The molecule has 2 aliphatic rings. The Balaban J connectivity index is 1.51. The number of carbonyl (C=O) groups is 2. The van der Waals surface area contributed by atoms with Crippen LogP contribution in [0.2, 0.25) is 0 Å². The summed E-state index contributed by atoms with van der Waals surface area (Å²) in [4.78, 5) is 29.4. The van der Waals surface area contributed by atoms with Gasteiger partial charge in [-0.15, -0.1) is 0 Å². The number of ether oxygens (including phenoxy) is 1. The summed E-state index contributed by atoms with van der Waals surface area (Å²) in [7, 11) is 0. The van der Waals surface area contributed by atoms with Crippen LogP contribution in [0.3, 0.4) is 0 Å². The predicted molar refractivity (Wildman–Crippen MR) is 109 cm³/mol. The van der Waals surface area contributed by atoms with E-state index in [4.69, 9.17) is 4.74 Å². The zero-order chi connectivity index (χ0) is 19.9. The zero-order valence-electron chi connectivity index (χ0n) is 17.2. The second-order valence-corrected chi connectivity index (χ2v) is 7.87. The number of nitrogens with one attached hydrogen (secondary N) is 1. The van der Waals surface area contributed by atoms with Gasteiger partial charge in [-0.3, -0.25) is 9.59 Å². The molecule has 1 atom stereocenters. The second-order valence-electron chi connectivity index (χ2n) is 7.87. The van der Waals surface area contributed by atoms with Crippen molar-refractivity contribution in [2.45, 2.75) is 33.1 Å². The molecule has 0 radical (unpaired) electrons. The fraction of sp³-hybridized carbons (Fsp3) is 0.636. The summed E-state index contributed by atoms with van der Waals surface area (Å²) in [6.45, 7) is 9.15. The molecule has 2 fully saturated rings. The fourth-order valence-electron chi connectivity index (χ4n) is 4.24. The average molecular weight is 388 g/mol. The van der Waals surface area contributed by atoms with E-state index in [1.54, 1.807) is 0 Å². The van der Waals surface area contributed by atoms with E-state index in [1.807, 2.05) is 41.0 Å². The molecule has 0 bridgehead atoms. The smallest absolute Gasteiger partial charge is 0.257 e. The Kier molecular flexibility index (Phi) is 7.31. The van der Waals surface area contributed by atoms with Crippen molar-refractivity contribution in [3.63, 3.8) is 0 Å². The van der Waals surface area contributed by atoms with Crippen LogP contribution < -0.4 is 10.1 Å². The molecular weight excluding hydrogens is 354 g/mol. The molecule has 2 aliphatic heterocycles. The minimum absolute atomic E-state index is 0.0146. The third kappa shape index (κ3) is 5.04. The van der Waals surface area contributed by atoms with Crippen molar-refractivity contribution in [2.75, 3.05) is 45.9 Å². The molecule has 0 aromatic heterocycles. The number of benzene rings is 1. The molecular formula is C22H33N3O3. The van der Waals surface area contributed by atoms with Gasteiger partial charge in [0.1, 0.15) is 5.75 Å². The number of nitrogens with zero attached hydrogens (tertiary/aromatic N) is 2. The molecule has 6 heteroatoms. The van der Waals surface area contributed by atoms with E-state index in [0.29, 0.717) is 62.4 Å². The summed E-state index contributed by atoms with van der Waals surface area (Å²) in [6, 6.07) is 7.38. The maximum Gasteiger partial charge on any atom is 0.257 e. The van der Waals surface area contributed by atoms with Crippen molar-refractivity contribution in [1.29, 1.82) is 0 Å². The highest BCUT2D eigenvalue weighted by Gasteiger charge is 2.28. The lowest BCUT2D eigenvalue weighted by atomic mass is 9.84. The van der Waals surface area contributed by atoms with Crippen molar-refractivity contribution in [2.24, 2.45) is 11.8 Å². The first kappa shape index (κ1) is 20.6. The van der Waals surface area contributed by atoms with Crippen LogP contribution in [0.15, 0.2) is 24.3 Å². The lowest BCUT2D eigenvalue weighted by Crippen LogP contribution is -2.51. The molecule has 1 aromatic carbocycles. The highest BCUT2D eigenvalue weighted by molar-refractivity contribution is 5.97. The van der Waals surface area contributed by atoms with Gasteiger partial charge < -0.3 is 19.9 Å². The second kappa shape index (κ2) is 9.92. The van der Waals surface area contributed by atoms with Gasteiger partial charge in [0.2, 0.25) is 5.91 Å². The molecule has 2 saturated heterocycles. The normalized spacial score (nSPS) is 19.4. The number of rotatable bonds is 6. The van der Waals surface area contributed by atoms with E-state index in [2.05, 4.69) is 12.2 Å². The maximum atomic E-state index is 12.9. The molecule has 2 heterocycles. The Morgan fingerprint density at radius 2 is 1.75 bits per heavy atom. The standard InChI is InChI=1S/C22H33N3O3/c1-3-28-20-7-5-4-6-19(20)22(27)25-14-12-24(13-15-25)21(26)16-17(2)18-8-10-23-11-9-18/h4-7,17-18,23H,3,8-16H2,1-2H3. The number of piperazine rings is 1. The highest BCUT2D eigenvalue weighted by Crippen LogP contribution is 2.25. The number of para-hydroxylation sites is 1. The molecule has 6 nitrogen and oxygen atoms in total. The summed E-state index contributed by atoms with van der Waals surface area (Å²) < 4.78 is 5.59. The third-order valence-corrected chi connectivity index (χ3v) is 6.02. The molecule has 0 aliphatic carbocycles. The molecule has 3 rings (SSSR count). The van der Waals surface area contributed by atoms with Gasteiger partial charge in [-0.05, 0) is 56.8 Å². The van der Waals surface area contributed by atoms with E-state index in [-0.39, 0.29) is 11.8 Å². The fourth-order valence-corrected chi connectivity index (χ4v) is 4.24. The lowest BCUT2D eigenvalue weighted by molar-refractivity contribution is -0.134. The first-order chi connectivity index (χ1) is 13.6. The number of carbonyl (C=O) groups excluding carboxylic acids is 2. The van der Waals surface area contributed by atoms with E-state index in [1.165, 1.54) is 0 Å². The minimum Gasteiger partial charge on any atom is -0.493 e. The van der Waals surface area contributed by atoms with Crippen LogP contribution in [-0.4, -0.2) is 67.5 Å². The van der Waals surface area contributed by atoms with Crippen LogP contribution >= 0.6 is 0 Å². The van der Waals surface area contributed by atoms with Crippen molar-refractivity contribution in [3.8, 4) is 5.75 Å². The summed E-state index contributed by atoms with van der Waals surface area (Å²) in [5, 5.41) is 3.39. The molecule has 0 saturated carbocycles. The third-order valence-electron chi connectivity index (χ3n) is 6.02. The maximum absolute atomic E-state index is 12.9. The van der Waals surface area contributed by atoms with Crippen LogP contribution in [0.1, 0.15) is 43.5 Å². The highest BCUT2D eigenvalue weighted by atomic mass is 16.5. The first-order valence-corrected chi connectivity index (χ1v) is 10.6. The molecule has 0 spiro atoms. The zero-order valence-corrected chi connectivity index (χ0v) is 17.2. The van der Waals surface area contributed by atoms with E-state index >= 15 is 0 Å². The predicted octanol–water partition coefficient (Wildman–Crippen LogP) is 2.40. The Morgan fingerprint density at radius 1 is 1.11 bits per heavy atom. The van der Waals surface area contributed by atoms with Gasteiger partial charge in [-0.1, -0.05) is 19.1 Å². The number of hydrogen-bond acceptors (Lipinski definition) is 4. The Bertz CT molecular complexity index is 665. The van der Waals surface area contributed by atoms with Crippen LogP contribution in [0, 0.1) is 11.8 Å². The number of hydrogen-bond donors (Lipinski definition) is 1. The average Bonchev–Trinajstić information content (AvgIpc) is 2.74. The number of amides is 2. The molecule has 1 unspecified atom stereocenters. The van der Waals surface area contributed by atoms with Gasteiger partial charge in [0.15, 0.2) is 0 Å². The quantitative estimate of drug-likeness (QED) is 0.814. The van der Waals surface area contributed by atoms with Crippen LogP contribution in [-0.2, 0) is 4.79 Å². The molecule has 28 heavy (non-hydrogen) atoms. The van der Waals surface area contributed by atoms with Crippen molar-refractivity contribution in [1.82, 2.24) is 15.1 Å². The van der Waals surface area contributed by atoms with Crippen LogP contribution in [0.25, 0.3) is 0 Å². The summed E-state index contributed by atoms with van der Waals surface area (Å²) >= 11 is 0. The minimum atomic E-state index is -0.0146. The first-order valence-electron chi connectivity index (χ1n) is 10.6. The SMILES string of the molecule is CCOc1ccccc1C(=O)N1CCN(C(=O)CC(C)C2CCNCC2)CC1. The molecule has 154 valence electrons. The monoisotopic (exact) mass is 387 g/mol. The van der Waals surface area contributed by atoms with Gasteiger partial charge in [-0.25, -0.2) is 0 Å². The molecule has 1 aromatic rings. The van der Waals surface area contributed by atoms with Gasteiger partial charge in [0, 0.05) is 32.6 Å². The summed E-state index contributed by atoms with van der Waals surface area (Å²) in [5.74, 6) is 1.91. The van der Waals surface area contributed by atoms with Gasteiger partial charge in [0.05, 0.1) is 12.2 Å². The summed E-state index contributed by atoms with van der Waals surface area (Å²) in [6.07, 6.45) is 2.94. The van der Waals surface area contributed by atoms with Crippen LogP contribution in [0.5, 0.6) is 5.75 Å². The topological polar surface area (TPSA) is 61.9 Å². The van der Waals surface area contributed by atoms with Gasteiger partial charge in [0.25, 0.3) is 5.91 Å². The van der Waals surface area contributed by atoms with Crippen molar-refractivity contribution >= 4 is 11.8 Å². The van der Waals surface area contributed by atoms with Gasteiger partial charge >= 0.3 is 0 Å². The molecule has 1 N–H and O–H groups in total. The van der Waals surface area contributed by atoms with Gasteiger partial charge in [-0.2, -0.15) is 0 Å². The Labute approximate surface area is 168 Å². The van der Waals surface area contributed by atoms with E-state index < -0.39 is 0 Å². The molecule has 2 amide bonds.